The van der Waals surface area contributed by atoms with E-state index in [1.165, 1.54) is 19.2 Å². The molecule has 2 aliphatic rings. The molecule has 2 aliphatic heterocycles. The second-order valence-electron chi connectivity index (χ2n) is 7.48. The van der Waals surface area contributed by atoms with Crippen molar-refractivity contribution in [2.24, 2.45) is 5.11 Å². The highest BCUT2D eigenvalue weighted by molar-refractivity contribution is 7.86. The second kappa shape index (κ2) is 9.55. The number of hydrogen-bond donors (Lipinski definition) is 0. The smallest absolute Gasteiger partial charge is 0.297 e. The van der Waals surface area contributed by atoms with Crippen molar-refractivity contribution >= 4 is 10.1 Å². The van der Waals surface area contributed by atoms with Gasteiger partial charge in [-0.3, -0.25) is 4.18 Å². The molecule has 0 amide bonds. The largest absolute Gasteiger partial charge is 0.355 e. The Kier molecular flexibility index (Phi) is 6.77. The molecule has 2 heterocycles. The zero-order valence-corrected chi connectivity index (χ0v) is 18.3. The van der Waals surface area contributed by atoms with Crippen LogP contribution in [0.2, 0.25) is 0 Å². The average Bonchev–Trinajstić information content (AvgIpc) is 2.81. The summed E-state index contributed by atoms with van der Waals surface area (Å²) in [7, 11) is -2.84. The predicted molar refractivity (Wildman–Crippen MR) is 112 cm³/mol. The van der Waals surface area contributed by atoms with Gasteiger partial charge in [-0.2, -0.15) is 8.42 Å². The number of azide groups is 1. The number of aryl methyl sites for hydroxylation is 1. The first kappa shape index (κ1) is 22.7. The van der Waals surface area contributed by atoms with Gasteiger partial charge in [0.2, 0.25) is 0 Å². The minimum Gasteiger partial charge on any atom is -0.355 e. The number of rotatable bonds is 6. The van der Waals surface area contributed by atoms with Gasteiger partial charge in [-0.05, 0) is 24.6 Å². The van der Waals surface area contributed by atoms with Crippen LogP contribution in [0.4, 0.5) is 0 Å². The van der Waals surface area contributed by atoms with Gasteiger partial charge in [-0.25, -0.2) is 0 Å². The maximum atomic E-state index is 13.1. The molecule has 2 saturated heterocycles. The van der Waals surface area contributed by atoms with Gasteiger partial charge in [0, 0.05) is 17.6 Å². The van der Waals surface area contributed by atoms with Gasteiger partial charge in [0.1, 0.15) is 24.4 Å². The summed E-state index contributed by atoms with van der Waals surface area (Å²) in [6.07, 6.45) is -4.58. The third kappa shape index (κ3) is 4.64. The first-order valence-electron chi connectivity index (χ1n) is 9.97. The van der Waals surface area contributed by atoms with E-state index in [1.54, 1.807) is 12.1 Å². The van der Waals surface area contributed by atoms with Crippen molar-refractivity contribution in [2.45, 2.75) is 48.8 Å². The van der Waals surface area contributed by atoms with Gasteiger partial charge in [-0.15, -0.1) is 0 Å². The standard InChI is InChI=1S/C21H23N3O7S/c1-13-8-10-15(11-9-13)32(25,26)31-19-17(23-24-22)21(27-2)29-16-12-28-20(30-18(16)19)14-6-4-3-5-7-14/h3-11,16-21H,12H2,1-2H3/t16-,17-,18-,19+,20+,21+/m0/s1. The number of methoxy groups -OCH3 is 1. The molecule has 0 unspecified atom stereocenters. The fourth-order valence-corrected chi connectivity index (χ4v) is 4.83. The van der Waals surface area contributed by atoms with E-state index in [2.05, 4.69) is 10.0 Å². The molecular weight excluding hydrogens is 438 g/mol. The monoisotopic (exact) mass is 461 g/mol. The van der Waals surface area contributed by atoms with Crippen LogP contribution in [0.15, 0.2) is 64.6 Å². The van der Waals surface area contributed by atoms with Crippen LogP contribution in [-0.2, 0) is 33.2 Å². The van der Waals surface area contributed by atoms with E-state index < -0.39 is 47.1 Å². The van der Waals surface area contributed by atoms with Crippen molar-refractivity contribution in [3.63, 3.8) is 0 Å². The van der Waals surface area contributed by atoms with Gasteiger partial charge >= 0.3 is 0 Å². The molecule has 2 aromatic carbocycles. The molecule has 4 rings (SSSR count). The average molecular weight is 461 g/mol. The van der Waals surface area contributed by atoms with Gasteiger partial charge < -0.3 is 18.9 Å². The maximum absolute atomic E-state index is 13.1. The van der Waals surface area contributed by atoms with Gasteiger partial charge in [0.25, 0.3) is 10.1 Å². The van der Waals surface area contributed by atoms with E-state index in [0.29, 0.717) is 0 Å². The molecule has 0 aliphatic carbocycles. The summed E-state index contributed by atoms with van der Waals surface area (Å²) in [5.74, 6) is 0. The summed E-state index contributed by atoms with van der Waals surface area (Å²) in [5, 5.41) is 3.72. The third-order valence-corrected chi connectivity index (χ3v) is 6.67. The molecule has 0 N–H and O–H groups in total. The van der Waals surface area contributed by atoms with Gasteiger partial charge in [0.15, 0.2) is 12.6 Å². The predicted octanol–water partition coefficient (Wildman–Crippen LogP) is 3.23. The lowest BCUT2D eigenvalue weighted by molar-refractivity contribution is -0.335. The number of nitrogens with zero attached hydrogens (tertiary/aromatic N) is 3. The van der Waals surface area contributed by atoms with E-state index >= 15 is 0 Å². The minimum atomic E-state index is -4.21. The molecule has 0 radical (unpaired) electrons. The van der Waals surface area contributed by atoms with Crippen molar-refractivity contribution in [3.05, 3.63) is 76.2 Å². The number of ether oxygens (including phenoxy) is 4. The van der Waals surface area contributed by atoms with E-state index in [-0.39, 0.29) is 11.5 Å². The second-order valence-corrected chi connectivity index (χ2v) is 9.05. The lowest BCUT2D eigenvalue weighted by Gasteiger charge is -2.47. The molecule has 2 fully saturated rings. The Morgan fingerprint density at radius 3 is 2.47 bits per heavy atom. The highest BCUT2D eigenvalue weighted by Gasteiger charge is 2.52. The number of hydrogen-bond acceptors (Lipinski definition) is 8. The zero-order valence-electron chi connectivity index (χ0n) is 17.5. The SMILES string of the molecule is CO[C@@H]1O[C@H]2CO[C@@H](c3ccccc3)O[C@@H]2[C@H](OS(=O)(=O)c2ccc(C)cc2)[C@@H]1N=[N+]=[N-]. The fourth-order valence-electron chi connectivity index (χ4n) is 3.73. The Morgan fingerprint density at radius 1 is 1.09 bits per heavy atom. The third-order valence-electron chi connectivity index (χ3n) is 5.34. The Labute approximate surface area is 185 Å². The van der Waals surface area contributed by atoms with Crippen LogP contribution in [0, 0.1) is 6.92 Å². The zero-order chi connectivity index (χ0) is 22.7. The molecule has 10 nitrogen and oxygen atoms in total. The molecule has 0 saturated carbocycles. The highest BCUT2D eigenvalue weighted by atomic mass is 32.2. The Morgan fingerprint density at radius 2 is 1.81 bits per heavy atom. The lowest BCUT2D eigenvalue weighted by Crippen LogP contribution is -2.62. The molecule has 0 bridgehead atoms. The van der Waals surface area contributed by atoms with Gasteiger partial charge in [-0.1, -0.05) is 53.1 Å². The van der Waals surface area contributed by atoms with Crippen molar-refractivity contribution in [1.29, 1.82) is 0 Å². The van der Waals surface area contributed by atoms with Crippen LogP contribution in [0.3, 0.4) is 0 Å². The van der Waals surface area contributed by atoms with Crippen LogP contribution >= 0.6 is 0 Å². The molecule has 11 heteroatoms. The molecule has 0 aromatic heterocycles. The van der Waals surface area contributed by atoms with E-state index in [9.17, 15) is 8.42 Å². The van der Waals surface area contributed by atoms with Crippen LogP contribution in [0.5, 0.6) is 0 Å². The van der Waals surface area contributed by atoms with Crippen LogP contribution in [0.1, 0.15) is 17.4 Å². The fraction of sp³-hybridized carbons (Fsp3) is 0.429. The molecular formula is C21H23N3O7S. The summed E-state index contributed by atoms with van der Waals surface area (Å²) in [6, 6.07) is 14.3. The maximum Gasteiger partial charge on any atom is 0.297 e. The first-order chi connectivity index (χ1) is 15.4. The van der Waals surface area contributed by atoms with E-state index in [0.717, 1.165) is 11.1 Å². The highest BCUT2D eigenvalue weighted by Crippen LogP contribution is 2.37. The minimum absolute atomic E-state index is 0.0218. The summed E-state index contributed by atoms with van der Waals surface area (Å²) >= 11 is 0. The van der Waals surface area contributed by atoms with Crippen molar-refractivity contribution in [3.8, 4) is 0 Å². The lowest BCUT2D eigenvalue weighted by atomic mass is 9.96. The van der Waals surface area contributed by atoms with Gasteiger partial charge in [0.05, 0.1) is 11.5 Å². The normalized spacial score (nSPS) is 30.2. The number of benzene rings is 2. The Hall–Kier alpha value is -2.50. The molecule has 2 aromatic rings. The molecule has 32 heavy (non-hydrogen) atoms. The van der Waals surface area contributed by atoms with Crippen LogP contribution in [-0.4, -0.2) is 52.8 Å². The summed E-state index contributed by atoms with van der Waals surface area (Å²) in [6.45, 7) is 1.96. The molecule has 0 spiro atoms. The number of fused-ring (bicyclic) bond motifs is 1. The summed E-state index contributed by atoms with van der Waals surface area (Å²) in [4.78, 5) is 2.82. The summed E-state index contributed by atoms with van der Waals surface area (Å²) in [5.41, 5.74) is 10.8. The Balaban J connectivity index is 1.68. The molecule has 170 valence electrons. The van der Waals surface area contributed by atoms with Crippen LogP contribution in [0.25, 0.3) is 10.4 Å². The Bertz CT molecular complexity index is 1070. The van der Waals surface area contributed by atoms with Crippen molar-refractivity contribution in [1.82, 2.24) is 0 Å². The van der Waals surface area contributed by atoms with E-state index in [1.807, 2.05) is 37.3 Å². The van der Waals surface area contributed by atoms with Crippen molar-refractivity contribution in [2.75, 3.05) is 13.7 Å². The van der Waals surface area contributed by atoms with Crippen LogP contribution < -0.4 is 0 Å². The van der Waals surface area contributed by atoms with Crippen molar-refractivity contribution < 1.29 is 31.5 Å². The topological polar surface area (TPSA) is 129 Å². The summed E-state index contributed by atoms with van der Waals surface area (Å²) < 4.78 is 54.8. The van der Waals surface area contributed by atoms with E-state index in [4.69, 9.17) is 28.7 Å². The quantitative estimate of drug-likeness (QED) is 0.279. The molecule has 6 atom stereocenters. The first-order valence-corrected chi connectivity index (χ1v) is 11.4.